The fraction of sp³-hybridized carbons (Fsp3) is 0. The molecule has 11 heteroatoms. The van der Waals surface area contributed by atoms with Gasteiger partial charge in [0, 0.05) is 18.0 Å². The normalized spacial score (nSPS) is 11.0. The largest absolute Gasteiger partial charge is 0.322 e. The number of anilines is 3. The monoisotopic (exact) mass is 461 g/mol. The fourth-order valence-electron chi connectivity index (χ4n) is 2.81. The highest BCUT2D eigenvalue weighted by Gasteiger charge is 2.21. The minimum atomic E-state index is -3.15. The molecule has 1 N–H and O–H groups in total. The molecule has 2 aromatic carbocycles. The maximum atomic E-state index is 12.7. The first-order valence-electron chi connectivity index (χ1n) is 8.55. The van der Waals surface area contributed by atoms with Gasteiger partial charge in [0.05, 0.1) is 21.9 Å². The number of rotatable bonds is 5. The molecule has 2 aromatic heterocycles. The van der Waals surface area contributed by atoms with Crippen LogP contribution in [0, 0.1) is 0 Å². The summed E-state index contributed by atoms with van der Waals surface area (Å²) in [6.45, 7) is 0. The maximum Gasteiger partial charge on any atom is 0.261 e. The minimum Gasteiger partial charge on any atom is -0.322 e. The fourth-order valence-corrected chi connectivity index (χ4v) is 3.87. The second-order valence-electron chi connectivity index (χ2n) is 6.05. The summed E-state index contributed by atoms with van der Waals surface area (Å²) >= 11 is 12.2. The highest BCUT2D eigenvalue weighted by atomic mass is 35.5. The number of hydrogen-bond acceptors (Lipinski definition) is 5. The molecule has 152 valence electrons. The first-order valence-corrected chi connectivity index (χ1v) is 10.4. The van der Waals surface area contributed by atoms with Crippen LogP contribution < -0.4 is 9.62 Å². The van der Waals surface area contributed by atoms with Gasteiger partial charge in [-0.1, -0.05) is 47.5 Å². The zero-order chi connectivity index (χ0) is 21.3. The van der Waals surface area contributed by atoms with Crippen LogP contribution in [0.2, 0.25) is 10.0 Å². The Hall–Kier alpha value is -3.14. The summed E-state index contributed by atoms with van der Waals surface area (Å²) in [6.07, 6.45) is 2.86. The molecule has 0 bridgehead atoms. The van der Waals surface area contributed by atoms with Gasteiger partial charge in [0.25, 0.3) is 5.91 Å². The van der Waals surface area contributed by atoms with Crippen molar-refractivity contribution in [3.05, 3.63) is 82.6 Å². The minimum absolute atomic E-state index is 0.0389. The van der Waals surface area contributed by atoms with Crippen molar-refractivity contribution in [2.75, 3.05) is 9.62 Å². The van der Waals surface area contributed by atoms with Crippen molar-refractivity contribution in [2.45, 2.75) is 0 Å². The number of aromatic nitrogens is 3. The van der Waals surface area contributed by atoms with Gasteiger partial charge in [-0.25, -0.2) is 22.2 Å². The number of carbonyl (C=O) groups is 1. The van der Waals surface area contributed by atoms with Crippen LogP contribution in [0.15, 0.2) is 67.0 Å². The first-order chi connectivity index (χ1) is 14.5. The molecule has 0 spiro atoms. The topological polar surface area (TPSA) is 96.7 Å². The van der Waals surface area contributed by atoms with Crippen molar-refractivity contribution in [3.8, 4) is 0 Å². The number of benzene rings is 2. The third kappa shape index (κ3) is 3.82. The quantitative estimate of drug-likeness (QED) is 0.438. The lowest BCUT2D eigenvalue weighted by molar-refractivity contribution is 0.102. The molecular weight excluding hydrogens is 449 g/mol. The Kier molecular flexibility index (Phi) is 5.58. The summed E-state index contributed by atoms with van der Waals surface area (Å²) in [6, 6.07) is 15.0. The van der Waals surface area contributed by atoms with Gasteiger partial charge in [-0.15, -0.1) is 0 Å². The number of carbonyl (C=O) groups excluding carboxylic acids is 1. The lowest BCUT2D eigenvalue weighted by atomic mass is 10.2. The van der Waals surface area contributed by atoms with Gasteiger partial charge in [0.1, 0.15) is 5.56 Å². The van der Waals surface area contributed by atoms with Crippen molar-refractivity contribution >= 4 is 62.8 Å². The number of halogens is 2. The van der Waals surface area contributed by atoms with Crippen molar-refractivity contribution < 1.29 is 13.2 Å². The highest BCUT2D eigenvalue weighted by molar-refractivity contribution is 7.74. The van der Waals surface area contributed by atoms with E-state index < -0.39 is 16.8 Å². The first kappa shape index (κ1) is 20.1. The Balaban J connectivity index is 1.78. The van der Waals surface area contributed by atoms with Crippen LogP contribution in [0.5, 0.6) is 0 Å². The predicted octanol–water partition coefficient (Wildman–Crippen LogP) is 3.95. The molecule has 0 atom stereocenters. The van der Waals surface area contributed by atoms with E-state index in [1.54, 1.807) is 36.4 Å². The molecule has 0 aliphatic heterocycles. The van der Waals surface area contributed by atoms with E-state index in [9.17, 15) is 13.2 Å². The summed E-state index contributed by atoms with van der Waals surface area (Å²) in [7, 11) is -3.15. The Labute approximate surface area is 182 Å². The van der Waals surface area contributed by atoms with Gasteiger partial charge in [-0.05, 0) is 24.3 Å². The van der Waals surface area contributed by atoms with Crippen LogP contribution >= 0.6 is 23.2 Å². The van der Waals surface area contributed by atoms with Crippen molar-refractivity contribution in [2.24, 2.45) is 0 Å². The molecule has 0 saturated carbocycles. The summed E-state index contributed by atoms with van der Waals surface area (Å²) in [5, 5.41) is 7.12. The predicted molar refractivity (Wildman–Crippen MR) is 116 cm³/mol. The second-order valence-corrected chi connectivity index (χ2v) is 7.72. The SMILES string of the molecule is O=C(Nc1ccccc1)c1cnn2ccc(N(c3cccc(Cl)c3Cl)[SH](=O)=O)nc12. The van der Waals surface area contributed by atoms with Gasteiger partial charge >= 0.3 is 0 Å². The molecule has 30 heavy (non-hydrogen) atoms. The van der Waals surface area contributed by atoms with Gasteiger partial charge < -0.3 is 5.32 Å². The van der Waals surface area contributed by atoms with Crippen LogP contribution in [-0.2, 0) is 10.9 Å². The van der Waals surface area contributed by atoms with Crippen LogP contribution in [-0.4, -0.2) is 28.9 Å². The number of hydrogen-bond donors (Lipinski definition) is 2. The highest BCUT2D eigenvalue weighted by Crippen LogP contribution is 2.36. The van der Waals surface area contributed by atoms with Crippen LogP contribution in [0.4, 0.5) is 17.2 Å². The lowest BCUT2D eigenvalue weighted by Gasteiger charge is -2.18. The molecule has 4 aromatic rings. The van der Waals surface area contributed by atoms with Crippen molar-refractivity contribution in [3.63, 3.8) is 0 Å². The van der Waals surface area contributed by atoms with Crippen LogP contribution in [0.1, 0.15) is 10.4 Å². The number of amides is 1. The van der Waals surface area contributed by atoms with E-state index in [1.807, 2.05) is 6.07 Å². The number of thiol groups is 1. The van der Waals surface area contributed by atoms with E-state index in [0.29, 0.717) is 5.69 Å². The summed E-state index contributed by atoms with van der Waals surface area (Å²) in [5.41, 5.74) is 1.11. The Morgan fingerprint density at radius 2 is 1.80 bits per heavy atom. The van der Waals surface area contributed by atoms with E-state index in [2.05, 4.69) is 15.4 Å². The van der Waals surface area contributed by atoms with E-state index >= 15 is 0 Å². The molecule has 1 amide bonds. The molecule has 0 fully saturated rings. The number of nitrogens with one attached hydrogen (secondary N) is 1. The lowest BCUT2D eigenvalue weighted by Crippen LogP contribution is -2.17. The second kappa shape index (κ2) is 8.31. The molecule has 0 saturated heterocycles. The smallest absolute Gasteiger partial charge is 0.261 e. The summed E-state index contributed by atoms with van der Waals surface area (Å²) in [4.78, 5) is 17.0. The number of para-hydroxylation sites is 1. The van der Waals surface area contributed by atoms with Gasteiger partial charge in [-0.3, -0.25) is 4.79 Å². The number of nitrogens with zero attached hydrogens (tertiary/aromatic N) is 4. The van der Waals surface area contributed by atoms with Gasteiger partial charge in [0.2, 0.25) is 10.9 Å². The van der Waals surface area contributed by atoms with Gasteiger partial charge in [0.15, 0.2) is 11.5 Å². The third-order valence-corrected chi connectivity index (χ3v) is 5.73. The van der Waals surface area contributed by atoms with Gasteiger partial charge in [-0.2, -0.15) is 5.10 Å². The van der Waals surface area contributed by atoms with E-state index in [4.69, 9.17) is 23.2 Å². The summed E-state index contributed by atoms with van der Waals surface area (Å²) in [5.74, 6) is -0.392. The Bertz CT molecular complexity index is 1320. The summed E-state index contributed by atoms with van der Waals surface area (Å²) < 4.78 is 26.3. The average Bonchev–Trinajstić information content (AvgIpc) is 3.15. The van der Waals surface area contributed by atoms with Crippen LogP contribution in [0.3, 0.4) is 0 Å². The van der Waals surface area contributed by atoms with E-state index in [1.165, 1.54) is 29.0 Å². The zero-order valence-corrected chi connectivity index (χ0v) is 17.5. The average molecular weight is 462 g/mol. The Morgan fingerprint density at radius 1 is 1.03 bits per heavy atom. The molecule has 2 heterocycles. The maximum absolute atomic E-state index is 12.7. The molecule has 0 aliphatic rings. The van der Waals surface area contributed by atoms with Crippen molar-refractivity contribution in [1.82, 2.24) is 14.6 Å². The number of fused-ring (bicyclic) bond motifs is 1. The molecule has 0 unspecified atom stereocenters. The Morgan fingerprint density at radius 3 is 2.53 bits per heavy atom. The molecule has 4 rings (SSSR count). The standard InChI is InChI=1S/C19H13Cl2N5O3S/c20-14-7-4-8-15(17(14)21)26(30(28)29)16-9-10-25-18(24-16)13(11-22-25)19(27)23-12-5-2-1-3-6-12/h1-11,30H,(H,23,27). The zero-order valence-electron chi connectivity index (χ0n) is 15.1. The molecule has 0 aliphatic carbocycles. The van der Waals surface area contributed by atoms with E-state index in [-0.39, 0.29) is 32.8 Å². The molecule has 8 nitrogen and oxygen atoms in total. The van der Waals surface area contributed by atoms with Crippen LogP contribution in [0.25, 0.3) is 5.65 Å². The van der Waals surface area contributed by atoms with Crippen molar-refractivity contribution in [1.29, 1.82) is 0 Å². The third-order valence-electron chi connectivity index (χ3n) is 4.17. The van der Waals surface area contributed by atoms with E-state index in [0.717, 1.165) is 4.31 Å². The molecular formula is C19H13Cl2N5O3S. The molecule has 0 radical (unpaired) electrons.